The first kappa shape index (κ1) is 42.1. The van der Waals surface area contributed by atoms with Gasteiger partial charge in [-0.2, -0.15) is 0 Å². The molecule has 9 rings (SSSR count). The monoisotopic (exact) mass is 856 g/mol. The highest BCUT2D eigenvalue weighted by atomic mass is 16.5. The van der Waals surface area contributed by atoms with E-state index in [9.17, 15) is 19.2 Å². The molecule has 6 atom stereocenters. The van der Waals surface area contributed by atoms with E-state index in [1.807, 2.05) is 36.0 Å². The highest BCUT2D eigenvalue weighted by molar-refractivity contribution is 5.91. The topological polar surface area (TPSA) is 184 Å². The van der Waals surface area contributed by atoms with Crippen LogP contribution in [-0.2, 0) is 23.8 Å². The van der Waals surface area contributed by atoms with Gasteiger partial charge in [-0.05, 0) is 102 Å². The number of aromatic amines is 2. The Labute approximate surface area is 366 Å². The standard InChI is InChI=1S/C48H56N8O7/c1-27(2)40(53-47(59)61-3)46(58)56-36-16-15-35(24-36)42(56)44-50-25-37(52-44)29-9-7-28(8-10-29)31-11-12-33-23-34(14-13-32(33)22-31)38-26-49-43(51-38)39-6-5-19-55(39)45(57)41(54-48(60)62-4)30-17-20-63-21-18-30/h7-14,22-23,25-27,30,35-36,39-42H,5-6,15-21,24H2,1-4H3,(H,49,51)(H,50,52)(H,53,59)(H,54,60)/t35-,36+,39?,40-,41-,42-/m0/s1. The van der Waals surface area contributed by atoms with Crippen LogP contribution in [0.1, 0.15) is 82.5 Å². The van der Waals surface area contributed by atoms with Crippen LogP contribution in [0.25, 0.3) is 44.4 Å². The minimum atomic E-state index is -0.684. The number of amides is 4. The van der Waals surface area contributed by atoms with Crippen molar-refractivity contribution in [2.75, 3.05) is 34.0 Å². The average Bonchev–Trinajstić information content (AvgIpc) is 4.18. The Morgan fingerprint density at radius 2 is 1.35 bits per heavy atom. The van der Waals surface area contributed by atoms with Gasteiger partial charge >= 0.3 is 12.2 Å². The summed E-state index contributed by atoms with van der Waals surface area (Å²) in [5.41, 5.74) is 5.93. The predicted molar refractivity (Wildman–Crippen MR) is 236 cm³/mol. The number of H-pyrrole nitrogens is 2. The van der Waals surface area contributed by atoms with Crippen LogP contribution < -0.4 is 10.6 Å². The molecule has 63 heavy (non-hydrogen) atoms. The maximum Gasteiger partial charge on any atom is 0.407 e. The number of fused-ring (bicyclic) bond motifs is 3. The zero-order valence-electron chi connectivity index (χ0n) is 36.3. The molecule has 1 aliphatic carbocycles. The van der Waals surface area contributed by atoms with Gasteiger partial charge < -0.3 is 44.6 Å². The Bertz CT molecular complexity index is 2480. The Kier molecular flexibility index (Phi) is 11.9. The van der Waals surface area contributed by atoms with E-state index in [4.69, 9.17) is 24.2 Å². The van der Waals surface area contributed by atoms with E-state index in [0.29, 0.717) is 38.5 Å². The smallest absolute Gasteiger partial charge is 0.407 e. The van der Waals surface area contributed by atoms with Gasteiger partial charge in [0.1, 0.15) is 23.7 Å². The maximum absolute atomic E-state index is 14.0. The number of imidazole rings is 2. The van der Waals surface area contributed by atoms with E-state index in [-0.39, 0.29) is 41.8 Å². The number of carbonyl (C=O) groups excluding carboxylic acids is 4. The van der Waals surface area contributed by atoms with Crippen molar-refractivity contribution in [3.63, 3.8) is 0 Å². The quantitative estimate of drug-likeness (QED) is 0.104. The van der Waals surface area contributed by atoms with Crippen LogP contribution in [0.5, 0.6) is 0 Å². The number of alkyl carbamates (subject to hydrolysis) is 2. The number of piperidine rings is 1. The van der Waals surface area contributed by atoms with Crippen molar-refractivity contribution in [2.24, 2.45) is 17.8 Å². The lowest BCUT2D eigenvalue weighted by Gasteiger charge is -2.37. The predicted octanol–water partition coefficient (Wildman–Crippen LogP) is 7.53. The maximum atomic E-state index is 14.0. The first-order chi connectivity index (χ1) is 30.6. The van der Waals surface area contributed by atoms with Crippen molar-refractivity contribution in [3.05, 3.63) is 84.7 Å². The molecule has 330 valence electrons. The molecular weight excluding hydrogens is 801 g/mol. The minimum absolute atomic E-state index is 0.0274. The van der Waals surface area contributed by atoms with Gasteiger partial charge in [0.2, 0.25) is 11.8 Å². The number of benzene rings is 3. The second kappa shape index (κ2) is 17.9. The van der Waals surface area contributed by atoms with Crippen LogP contribution in [0, 0.1) is 17.8 Å². The van der Waals surface area contributed by atoms with Crippen molar-refractivity contribution in [1.29, 1.82) is 0 Å². The van der Waals surface area contributed by atoms with Gasteiger partial charge in [0.05, 0.1) is 50.1 Å². The normalized spacial score (nSPS) is 22.0. The summed E-state index contributed by atoms with van der Waals surface area (Å²) in [5, 5.41) is 7.78. The summed E-state index contributed by atoms with van der Waals surface area (Å²) in [5.74, 6) is 1.49. The number of hydrogen-bond donors (Lipinski definition) is 4. The lowest BCUT2D eigenvalue weighted by molar-refractivity contribution is -0.139. The molecule has 4 N–H and O–H groups in total. The number of likely N-dealkylation sites (tertiary alicyclic amines) is 2. The molecule has 0 spiro atoms. The third-order valence-electron chi connectivity index (χ3n) is 13.7. The van der Waals surface area contributed by atoms with E-state index in [0.717, 1.165) is 88.2 Å². The second-order valence-corrected chi connectivity index (χ2v) is 17.7. The number of nitrogens with one attached hydrogen (secondary N) is 4. The highest BCUT2D eigenvalue weighted by Gasteiger charge is 2.51. The highest BCUT2D eigenvalue weighted by Crippen LogP contribution is 2.50. The molecule has 15 heteroatoms. The third kappa shape index (κ3) is 8.38. The van der Waals surface area contributed by atoms with Gasteiger partial charge in [-0.15, -0.1) is 0 Å². The summed E-state index contributed by atoms with van der Waals surface area (Å²) in [6.07, 6.45) is 8.40. The first-order valence-electron chi connectivity index (χ1n) is 22.2. The lowest BCUT2D eigenvalue weighted by atomic mass is 9.90. The summed E-state index contributed by atoms with van der Waals surface area (Å²) in [7, 11) is 2.62. The number of nitrogens with zero attached hydrogens (tertiary/aromatic N) is 4. The van der Waals surface area contributed by atoms with Crippen LogP contribution in [0.4, 0.5) is 9.59 Å². The fourth-order valence-corrected chi connectivity index (χ4v) is 10.3. The largest absolute Gasteiger partial charge is 0.453 e. The molecule has 2 bridgehead atoms. The molecular formula is C48H56N8O7. The molecule has 2 aromatic heterocycles. The number of hydrogen-bond acceptors (Lipinski definition) is 9. The molecule has 4 fully saturated rings. The first-order valence-corrected chi connectivity index (χ1v) is 22.2. The third-order valence-corrected chi connectivity index (χ3v) is 13.7. The Balaban J connectivity index is 0.878. The van der Waals surface area contributed by atoms with Crippen LogP contribution >= 0.6 is 0 Å². The SMILES string of the molecule is COC(=O)N[C@H](C(=O)N1[C@@H]2CC[C@@H](C2)[C@H]1c1ncc(-c2ccc(-c3ccc4cc(-c5cnc(C6CCCN6C(=O)[C@@H](NC(=O)OC)C6CCOCC6)[nH]5)ccc4c3)cc2)[nH]1)C(C)C. The van der Waals surface area contributed by atoms with Crippen molar-refractivity contribution in [3.8, 4) is 33.6 Å². The van der Waals surface area contributed by atoms with E-state index < -0.39 is 24.3 Å². The summed E-state index contributed by atoms with van der Waals surface area (Å²) < 4.78 is 15.2. The van der Waals surface area contributed by atoms with E-state index in [1.165, 1.54) is 14.2 Å². The van der Waals surface area contributed by atoms with Gasteiger partial charge in [0.15, 0.2) is 0 Å². The molecule has 0 radical (unpaired) electrons. The molecule has 4 amide bonds. The van der Waals surface area contributed by atoms with Crippen LogP contribution in [-0.4, -0.2) is 106 Å². The van der Waals surface area contributed by atoms with Gasteiger partial charge in [0, 0.05) is 31.4 Å². The fraction of sp³-hybridized carbons (Fsp3) is 0.458. The molecule has 3 aliphatic heterocycles. The van der Waals surface area contributed by atoms with Crippen LogP contribution in [0.15, 0.2) is 73.1 Å². The second-order valence-electron chi connectivity index (χ2n) is 17.7. The summed E-state index contributed by atoms with van der Waals surface area (Å²) in [6, 6.07) is 19.6. The number of rotatable bonds is 11. The number of aromatic nitrogens is 4. The summed E-state index contributed by atoms with van der Waals surface area (Å²) in [6.45, 7) is 5.57. The Morgan fingerprint density at radius 1 is 0.730 bits per heavy atom. The van der Waals surface area contributed by atoms with E-state index >= 15 is 0 Å². The minimum Gasteiger partial charge on any atom is -0.453 e. The van der Waals surface area contributed by atoms with Crippen LogP contribution in [0.3, 0.4) is 0 Å². The molecule has 5 heterocycles. The molecule has 1 unspecified atom stereocenters. The Hall–Kier alpha value is -6.22. The van der Waals surface area contributed by atoms with E-state index in [2.05, 4.69) is 81.3 Å². The van der Waals surface area contributed by atoms with Crippen LogP contribution in [0.2, 0.25) is 0 Å². The molecule has 4 aliphatic rings. The Morgan fingerprint density at radius 3 is 2.06 bits per heavy atom. The molecule has 3 aromatic carbocycles. The van der Waals surface area contributed by atoms with Gasteiger partial charge in [-0.25, -0.2) is 19.6 Å². The fourth-order valence-electron chi connectivity index (χ4n) is 10.3. The van der Waals surface area contributed by atoms with Crippen molar-refractivity contribution in [1.82, 2.24) is 40.4 Å². The van der Waals surface area contributed by atoms with Gasteiger partial charge in [-0.3, -0.25) is 9.59 Å². The van der Waals surface area contributed by atoms with Gasteiger partial charge in [0.25, 0.3) is 0 Å². The van der Waals surface area contributed by atoms with Crippen molar-refractivity contribution >= 4 is 34.8 Å². The molecule has 15 nitrogen and oxygen atoms in total. The average molecular weight is 857 g/mol. The van der Waals surface area contributed by atoms with Gasteiger partial charge in [-0.1, -0.05) is 62.4 Å². The molecule has 1 saturated carbocycles. The zero-order valence-corrected chi connectivity index (χ0v) is 36.3. The summed E-state index contributed by atoms with van der Waals surface area (Å²) >= 11 is 0. The number of methoxy groups -OCH3 is 2. The van der Waals surface area contributed by atoms with Crippen molar-refractivity contribution < 1.29 is 33.4 Å². The summed E-state index contributed by atoms with van der Waals surface area (Å²) in [4.78, 5) is 72.9. The van der Waals surface area contributed by atoms with Crippen molar-refractivity contribution in [2.45, 2.75) is 89.0 Å². The number of ether oxygens (including phenoxy) is 3. The van der Waals surface area contributed by atoms with E-state index in [1.54, 1.807) is 0 Å². The molecule has 3 saturated heterocycles. The molecule has 5 aromatic rings. The zero-order chi connectivity index (χ0) is 43.8. The lowest BCUT2D eigenvalue weighted by Crippen LogP contribution is -2.54. The number of carbonyl (C=O) groups is 4.